The summed E-state index contributed by atoms with van der Waals surface area (Å²) in [5, 5.41) is 21.7. The van der Waals surface area contributed by atoms with E-state index in [1.807, 2.05) is 36.4 Å². The van der Waals surface area contributed by atoms with Gasteiger partial charge in [0.1, 0.15) is 11.5 Å². The maximum Gasteiger partial charge on any atom is 0.128 e. The van der Waals surface area contributed by atoms with E-state index in [9.17, 15) is 10.2 Å². The van der Waals surface area contributed by atoms with Gasteiger partial charge in [-0.2, -0.15) is 0 Å². The SMILES string of the molecule is C=CCc1ccc(O)c(-c2cc(CC=C)cc(CN3CCN(CC=C)CC3)c2O)c1. The van der Waals surface area contributed by atoms with E-state index in [1.165, 1.54) is 0 Å². The third kappa shape index (κ3) is 5.21. The number of piperazine rings is 1. The van der Waals surface area contributed by atoms with Crippen molar-refractivity contribution in [2.45, 2.75) is 19.4 Å². The lowest BCUT2D eigenvalue weighted by Gasteiger charge is -2.34. The molecular weight excluding hydrogens is 372 g/mol. The minimum atomic E-state index is 0.165. The highest BCUT2D eigenvalue weighted by Gasteiger charge is 2.20. The van der Waals surface area contributed by atoms with Gasteiger partial charge < -0.3 is 10.2 Å². The van der Waals surface area contributed by atoms with Gasteiger partial charge in [-0.25, -0.2) is 0 Å². The topological polar surface area (TPSA) is 46.9 Å². The van der Waals surface area contributed by atoms with Crippen LogP contribution >= 0.6 is 0 Å². The first-order chi connectivity index (χ1) is 14.5. The fraction of sp³-hybridized carbons (Fsp3) is 0.308. The van der Waals surface area contributed by atoms with Crippen molar-refractivity contribution in [3.63, 3.8) is 0 Å². The summed E-state index contributed by atoms with van der Waals surface area (Å²) in [6.45, 7) is 17.0. The van der Waals surface area contributed by atoms with Gasteiger partial charge in [0.2, 0.25) is 0 Å². The van der Waals surface area contributed by atoms with Crippen LogP contribution in [-0.2, 0) is 19.4 Å². The zero-order valence-electron chi connectivity index (χ0n) is 17.7. The molecule has 3 rings (SSSR count). The van der Waals surface area contributed by atoms with Crippen molar-refractivity contribution in [2.24, 2.45) is 0 Å². The van der Waals surface area contributed by atoms with Gasteiger partial charge in [-0.05, 0) is 42.2 Å². The second kappa shape index (κ2) is 10.3. The van der Waals surface area contributed by atoms with Gasteiger partial charge in [-0.3, -0.25) is 9.80 Å². The van der Waals surface area contributed by atoms with E-state index in [2.05, 4.69) is 35.6 Å². The van der Waals surface area contributed by atoms with Gasteiger partial charge in [0.05, 0.1) is 0 Å². The van der Waals surface area contributed by atoms with Crippen LogP contribution in [0.15, 0.2) is 68.3 Å². The van der Waals surface area contributed by atoms with Crippen LogP contribution in [0.3, 0.4) is 0 Å². The number of hydrogen-bond acceptors (Lipinski definition) is 4. The highest BCUT2D eigenvalue weighted by atomic mass is 16.3. The van der Waals surface area contributed by atoms with E-state index in [0.29, 0.717) is 30.5 Å². The first-order valence-corrected chi connectivity index (χ1v) is 10.5. The molecule has 2 aromatic carbocycles. The van der Waals surface area contributed by atoms with Gasteiger partial charge in [0.25, 0.3) is 0 Å². The lowest BCUT2D eigenvalue weighted by Crippen LogP contribution is -2.45. The van der Waals surface area contributed by atoms with Crippen LogP contribution in [0.2, 0.25) is 0 Å². The summed E-state index contributed by atoms with van der Waals surface area (Å²) in [6, 6.07) is 9.51. The number of benzene rings is 2. The normalized spacial score (nSPS) is 15.1. The second-order valence-corrected chi connectivity index (χ2v) is 7.85. The predicted octanol–water partition coefficient (Wildman–Crippen LogP) is 4.53. The highest BCUT2D eigenvalue weighted by molar-refractivity contribution is 5.78. The Kier molecular flexibility index (Phi) is 7.50. The molecule has 1 aliphatic heterocycles. The second-order valence-electron chi connectivity index (χ2n) is 7.85. The molecule has 4 nitrogen and oxygen atoms in total. The molecule has 2 N–H and O–H groups in total. The van der Waals surface area contributed by atoms with Crippen LogP contribution in [0.4, 0.5) is 0 Å². The van der Waals surface area contributed by atoms with Gasteiger partial charge in [0.15, 0.2) is 0 Å². The average molecular weight is 405 g/mol. The molecule has 0 bridgehead atoms. The molecular formula is C26H32N2O2. The van der Waals surface area contributed by atoms with Crippen molar-refractivity contribution in [3.8, 4) is 22.6 Å². The smallest absolute Gasteiger partial charge is 0.128 e. The Balaban J connectivity index is 1.93. The molecule has 30 heavy (non-hydrogen) atoms. The molecule has 2 aromatic rings. The van der Waals surface area contributed by atoms with E-state index in [-0.39, 0.29) is 11.5 Å². The van der Waals surface area contributed by atoms with E-state index in [4.69, 9.17) is 0 Å². The molecule has 1 aliphatic rings. The Labute approximate surface area is 180 Å². The van der Waals surface area contributed by atoms with E-state index in [1.54, 1.807) is 6.07 Å². The number of phenols is 2. The van der Waals surface area contributed by atoms with Crippen LogP contribution in [0, 0.1) is 0 Å². The van der Waals surface area contributed by atoms with E-state index >= 15 is 0 Å². The summed E-state index contributed by atoms with van der Waals surface area (Å²) in [7, 11) is 0. The van der Waals surface area contributed by atoms with Gasteiger partial charge in [0, 0.05) is 56.0 Å². The van der Waals surface area contributed by atoms with Crippen LogP contribution < -0.4 is 0 Å². The minimum Gasteiger partial charge on any atom is -0.507 e. The van der Waals surface area contributed by atoms with Crippen LogP contribution in [0.25, 0.3) is 11.1 Å². The van der Waals surface area contributed by atoms with Crippen LogP contribution in [0.5, 0.6) is 11.5 Å². The summed E-state index contributed by atoms with van der Waals surface area (Å²) in [5.74, 6) is 0.403. The minimum absolute atomic E-state index is 0.165. The molecule has 0 aliphatic carbocycles. The standard InChI is InChI=1S/C26H32N2O2/c1-4-7-20-9-10-25(29)23(17-20)24-18-21(8-5-2)16-22(26(24)30)19-28-14-12-27(11-6-3)13-15-28/h4-6,9-10,16-18,29-30H,1-3,7-8,11-15,19H2. The zero-order valence-corrected chi connectivity index (χ0v) is 17.7. The van der Waals surface area contributed by atoms with Crippen molar-refractivity contribution >= 4 is 0 Å². The number of allylic oxidation sites excluding steroid dienone is 2. The molecule has 0 aromatic heterocycles. The maximum atomic E-state index is 11.1. The number of aromatic hydroxyl groups is 2. The monoisotopic (exact) mass is 404 g/mol. The van der Waals surface area contributed by atoms with E-state index in [0.717, 1.165) is 49.4 Å². The van der Waals surface area contributed by atoms with E-state index < -0.39 is 0 Å². The molecule has 0 spiro atoms. The Hall–Kier alpha value is -2.82. The number of nitrogens with zero attached hydrogens (tertiary/aromatic N) is 2. The molecule has 0 unspecified atom stereocenters. The highest BCUT2D eigenvalue weighted by Crippen LogP contribution is 2.39. The average Bonchev–Trinajstić information content (AvgIpc) is 2.74. The van der Waals surface area contributed by atoms with Crippen molar-refractivity contribution in [1.29, 1.82) is 0 Å². The third-order valence-corrected chi connectivity index (χ3v) is 5.61. The summed E-state index contributed by atoms with van der Waals surface area (Å²) in [4.78, 5) is 4.75. The summed E-state index contributed by atoms with van der Waals surface area (Å²) in [5.41, 5.74) is 4.32. The Morgan fingerprint density at radius 2 is 1.40 bits per heavy atom. The molecule has 0 atom stereocenters. The number of rotatable bonds is 9. The summed E-state index contributed by atoms with van der Waals surface area (Å²) < 4.78 is 0. The fourth-order valence-electron chi connectivity index (χ4n) is 4.02. The third-order valence-electron chi connectivity index (χ3n) is 5.61. The molecule has 1 fully saturated rings. The molecule has 1 saturated heterocycles. The molecule has 0 radical (unpaired) electrons. The quantitative estimate of drug-likeness (QED) is 0.603. The molecule has 1 heterocycles. The van der Waals surface area contributed by atoms with Gasteiger partial charge in [-0.15, -0.1) is 19.7 Å². The number of hydrogen-bond donors (Lipinski definition) is 2. The van der Waals surface area contributed by atoms with Gasteiger partial charge in [-0.1, -0.05) is 30.4 Å². The molecule has 158 valence electrons. The summed E-state index contributed by atoms with van der Waals surface area (Å²) in [6.07, 6.45) is 7.06. The molecule has 0 saturated carbocycles. The number of phenolic OH excluding ortho intramolecular Hbond substituents is 2. The lowest BCUT2D eigenvalue weighted by atomic mass is 9.94. The van der Waals surface area contributed by atoms with Crippen LogP contribution in [0.1, 0.15) is 16.7 Å². The first kappa shape index (κ1) is 21.9. The first-order valence-electron chi connectivity index (χ1n) is 10.5. The van der Waals surface area contributed by atoms with Crippen molar-refractivity contribution in [2.75, 3.05) is 32.7 Å². The summed E-state index contributed by atoms with van der Waals surface area (Å²) >= 11 is 0. The van der Waals surface area contributed by atoms with Crippen LogP contribution in [-0.4, -0.2) is 52.7 Å². The van der Waals surface area contributed by atoms with Crippen molar-refractivity contribution in [3.05, 3.63) is 85.0 Å². The zero-order chi connectivity index (χ0) is 21.5. The maximum absolute atomic E-state index is 11.1. The van der Waals surface area contributed by atoms with Crippen molar-refractivity contribution in [1.82, 2.24) is 9.80 Å². The lowest BCUT2D eigenvalue weighted by molar-refractivity contribution is 0.136. The van der Waals surface area contributed by atoms with Crippen molar-refractivity contribution < 1.29 is 10.2 Å². The fourth-order valence-corrected chi connectivity index (χ4v) is 4.02. The molecule has 0 amide bonds. The predicted molar refractivity (Wildman–Crippen MR) is 125 cm³/mol. The Bertz CT molecular complexity index is 911. The largest absolute Gasteiger partial charge is 0.507 e. The Morgan fingerprint density at radius 1 is 0.767 bits per heavy atom. The Morgan fingerprint density at radius 3 is 2.07 bits per heavy atom. The van der Waals surface area contributed by atoms with Gasteiger partial charge >= 0.3 is 0 Å². The molecule has 4 heteroatoms.